The Kier molecular flexibility index (Phi) is 2.52. The van der Waals surface area contributed by atoms with Crippen LogP contribution in [0, 0.1) is 0 Å². The number of amides is 1. The second-order valence-corrected chi connectivity index (χ2v) is 4.60. The van der Waals surface area contributed by atoms with Crippen molar-refractivity contribution in [1.29, 1.82) is 0 Å². The van der Waals surface area contributed by atoms with Crippen molar-refractivity contribution in [3.8, 4) is 0 Å². The second-order valence-electron chi connectivity index (χ2n) is 4.60. The minimum atomic E-state index is -0.899. The first-order valence-corrected chi connectivity index (χ1v) is 4.52. The monoisotopic (exact) mass is 187 g/mol. The molecule has 0 heterocycles. The smallest absolute Gasteiger partial charge is 0.407 e. The summed E-state index contributed by atoms with van der Waals surface area (Å²) in [7, 11) is 0. The Bertz CT molecular complexity index is 203. The molecule has 0 aliphatic heterocycles. The molecule has 0 aromatic heterocycles. The molecule has 1 rings (SSSR count). The summed E-state index contributed by atoms with van der Waals surface area (Å²) >= 11 is 0. The lowest BCUT2D eigenvalue weighted by atomic mass is 9.85. The first-order valence-electron chi connectivity index (χ1n) is 4.52. The first-order chi connectivity index (χ1) is 5.82. The summed E-state index contributed by atoms with van der Waals surface area (Å²) in [5, 5.41) is 18.1. The molecule has 76 valence electrons. The van der Waals surface area contributed by atoms with Gasteiger partial charge in [0.25, 0.3) is 0 Å². The fourth-order valence-electron chi connectivity index (χ4n) is 1.76. The van der Waals surface area contributed by atoms with E-state index in [1.165, 1.54) is 4.90 Å². The Morgan fingerprint density at radius 1 is 1.38 bits per heavy atom. The molecule has 0 spiro atoms. The van der Waals surface area contributed by atoms with E-state index in [0.29, 0.717) is 12.8 Å². The van der Waals surface area contributed by atoms with Crippen molar-refractivity contribution in [3.05, 3.63) is 0 Å². The number of hydrogen-bond donors (Lipinski definition) is 2. The molecule has 4 nitrogen and oxygen atoms in total. The number of aliphatic hydroxyl groups excluding tert-OH is 1. The predicted octanol–water partition coefficient (Wildman–Crippen LogP) is 1.29. The lowest BCUT2D eigenvalue weighted by molar-refractivity contribution is -0.0240. The normalized spacial score (nSPS) is 28.0. The standard InChI is InChI=1S/C9H17NO3/c1-9(2,3)10(8(12)13)6-4-7(11)5-6/h6-7,11H,4-5H2,1-3H3,(H,12,13)/t6-,7-. The van der Waals surface area contributed by atoms with Crippen LogP contribution in [0.5, 0.6) is 0 Å². The van der Waals surface area contributed by atoms with Crippen LogP contribution in [0.2, 0.25) is 0 Å². The highest BCUT2D eigenvalue weighted by molar-refractivity contribution is 5.66. The van der Waals surface area contributed by atoms with Gasteiger partial charge < -0.3 is 15.1 Å². The maximum absolute atomic E-state index is 10.9. The third-order valence-electron chi connectivity index (χ3n) is 2.38. The van der Waals surface area contributed by atoms with Crippen LogP contribution in [0.15, 0.2) is 0 Å². The number of rotatable bonds is 1. The minimum Gasteiger partial charge on any atom is -0.465 e. The van der Waals surface area contributed by atoms with Gasteiger partial charge in [0.15, 0.2) is 0 Å². The lowest BCUT2D eigenvalue weighted by Gasteiger charge is -2.45. The summed E-state index contributed by atoms with van der Waals surface area (Å²) in [6.07, 6.45) is -0.0637. The summed E-state index contributed by atoms with van der Waals surface area (Å²) in [6.45, 7) is 5.60. The maximum atomic E-state index is 10.9. The highest BCUT2D eigenvalue weighted by Crippen LogP contribution is 2.30. The SMILES string of the molecule is CC(C)(C)N(C(=O)O)[C@H]1C[C@H](O)C1. The highest BCUT2D eigenvalue weighted by Gasteiger charge is 2.40. The molecule has 0 aromatic carbocycles. The average Bonchev–Trinajstić information content (AvgIpc) is 1.79. The van der Waals surface area contributed by atoms with Crippen molar-refractivity contribution in [2.45, 2.75) is 51.3 Å². The fourth-order valence-corrected chi connectivity index (χ4v) is 1.76. The van der Waals surface area contributed by atoms with E-state index < -0.39 is 6.09 Å². The fraction of sp³-hybridized carbons (Fsp3) is 0.889. The van der Waals surface area contributed by atoms with Crippen LogP contribution in [-0.4, -0.2) is 38.9 Å². The molecule has 0 aromatic rings. The molecule has 13 heavy (non-hydrogen) atoms. The minimum absolute atomic E-state index is 0.00694. The van der Waals surface area contributed by atoms with Gasteiger partial charge in [-0.15, -0.1) is 0 Å². The van der Waals surface area contributed by atoms with E-state index in [-0.39, 0.29) is 17.7 Å². The van der Waals surface area contributed by atoms with Crippen molar-refractivity contribution < 1.29 is 15.0 Å². The van der Waals surface area contributed by atoms with Crippen LogP contribution in [0.4, 0.5) is 4.79 Å². The Morgan fingerprint density at radius 3 is 2.08 bits per heavy atom. The van der Waals surface area contributed by atoms with Crippen LogP contribution in [0.3, 0.4) is 0 Å². The van der Waals surface area contributed by atoms with Gasteiger partial charge in [-0.05, 0) is 33.6 Å². The highest BCUT2D eigenvalue weighted by atomic mass is 16.4. The van der Waals surface area contributed by atoms with Gasteiger partial charge in [-0.2, -0.15) is 0 Å². The zero-order chi connectivity index (χ0) is 10.2. The van der Waals surface area contributed by atoms with Gasteiger partial charge >= 0.3 is 6.09 Å². The van der Waals surface area contributed by atoms with E-state index in [0.717, 1.165) is 0 Å². The van der Waals surface area contributed by atoms with E-state index >= 15 is 0 Å². The molecule has 1 fully saturated rings. The zero-order valence-electron chi connectivity index (χ0n) is 8.32. The van der Waals surface area contributed by atoms with Crippen LogP contribution in [0.1, 0.15) is 33.6 Å². The Labute approximate surface area is 78.2 Å². The number of carboxylic acid groups (broad SMARTS) is 1. The van der Waals surface area contributed by atoms with Crippen molar-refractivity contribution in [1.82, 2.24) is 4.90 Å². The van der Waals surface area contributed by atoms with Gasteiger partial charge in [0, 0.05) is 11.6 Å². The van der Waals surface area contributed by atoms with Gasteiger partial charge in [-0.25, -0.2) is 4.79 Å². The number of hydrogen-bond acceptors (Lipinski definition) is 2. The molecule has 4 heteroatoms. The van der Waals surface area contributed by atoms with E-state index in [1.54, 1.807) is 0 Å². The molecular weight excluding hydrogens is 170 g/mol. The molecule has 0 saturated heterocycles. The van der Waals surface area contributed by atoms with Gasteiger partial charge in [0.2, 0.25) is 0 Å². The largest absolute Gasteiger partial charge is 0.465 e. The summed E-state index contributed by atoms with van der Waals surface area (Å²) in [6, 6.07) is -0.00694. The Morgan fingerprint density at radius 2 is 1.85 bits per heavy atom. The van der Waals surface area contributed by atoms with Gasteiger partial charge in [-0.1, -0.05) is 0 Å². The summed E-state index contributed by atoms with van der Waals surface area (Å²) < 4.78 is 0. The summed E-state index contributed by atoms with van der Waals surface area (Å²) in [5.41, 5.74) is -0.378. The summed E-state index contributed by atoms with van der Waals surface area (Å²) in [5.74, 6) is 0. The van der Waals surface area contributed by atoms with E-state index in [9.17, 15) is 4.79 Å². The Hall–Kier alpha value is -0.770. The van der Waals surface area contributed by atoms with Gasteiger partial charge in [0.1, 0.15) is 0 Å². The molecule has 1 saturated carbocycles. The van der Waals surface area contributed by atoms with Crippen LogP contribution < -0.4 is 0 Å². The van der Waals surface area contributed by atoms with Crippen LogP contribution in [0.25, 0.3) is 0 Å². The third kappa shape index (κ3) is 2.12. The number of nitrogens with zero attached hydrogens (tertiary/aromatic N) is 1. The average molecular weight is 187 g/mol. The molecule has 0 bridgehead atoms. The van der Waals surface area contributed by atoms with Crippen LogP contribution >= 0.6 is 0 Å². The number of aliphatic hydroxyl groups is 1. The predicted molar refractivity (Wildman–Crippen MR) is 48.6 cm³/mol. The van der Waals surface area contributed by atoms with E-state index in [4.69, 9.17) is 10.2 Å². The third-order valence-corrected chi connectivity index (χ3v) is 2.38. The summed E-state index contributed by atoms with van der Waals surface area (Å²) in [4.78, 5) is 12.4. The van der Waals surface area contributed by atoms with E-state index in [2.05, 4.69) is 0 Å². The molecule has 1 amide bonds. The Balaban J connectivity index is 2.65. The maximum Gasteiger partial charge on any atom is 0.407 e. The van der Waals surface area contributed by atoms with Gasteiger partial charge in [-0.3, -0.25) is 0 Å². The molecule has 0 atom stereocenters. The topological polar surface area (TPSA) is 60.8 Å². The molecule has 1 aliphatic rings. The lowest BCUT2D eigenvalue weighted by Crippen LogP contribution is -2.57. The van der Waals surface area contributed by atoms with Crippen molar-refractivity contribution in [3.63, 3.8) is 0 Å². The molecular formula is C9H17NO3. The first kappa shape index (κ1) is 10.3. The van der Waals surface area contributed by atoms with Crippen LogP contribution in [-0.2, 0) is 0 Å². The number of carbonyl (C=O) groups is 1. The van der Waals surface area contributed by atoms with Crippen molar-refractivity contribution in [2.24, 2.45) is 0 Å². The van der Waals surface area contributed by atoms with E-state index in [1.807, 2.05) is 20.8 Å². The molecule has 0 radical (unpaired) electrons. The quantitative estimate of drug-likeness (QED) is 0.650. The van der Waals surface area contributed by atoms with Gasteiger partial charge in [0.05, 0.1) is 6.10 Å². The molecule has 2 N–H and O–H groups in total. The molecule has 1 aliphatic carbocycles. The zero-order valence-corrected chi connectivity index (χ0v) is 8.32. The molecule has 0 unspecified atom stereocenters. The van der Waals surface area contributed by atoms with Crippen molar-refractivity contribution >= 4 is 6.09 Å². The second kappa shape index (κ2) is 3.18. The van der Waals surface area contributed by atoms with Crippen molar-refractivity contribution in [2.75, 3.05) is 0 Å².